The molecule has 0 saturated carbocycles. The van der Waals surface area contributed by atoms with E-state index in [2.05, 4.69) is 20.0 Å². The molecule has 0 amide bonds. The second-order valence-corrected chi connectivity index (χ2v) is 5.69. The second-order valence-electron chi connectivity index (χ2n) is 4.88. The first-order chi connectivity index (χ1) is 11.9. The molecule has 0 radical (unpaired) electrons. The van der Waals surface area contributed by atoms with Gasteiger partial charge in [-0.05, 0) is 18.2 Å². The first kappa shape index (κ1) is 17.2. The van der Waals surface area contributed by atoms with Crippen molar-refractivity contribution in [2.24, 2.45) is 0 Å². The summed E-state index contributed by atoms with van der Waals surface area (Å²) < 4.78 is 30.3. The van der Waals surface area contributed by atoms with Crippen molar-refractivity contribution in [3.05, 3.63) is 45.7 Å². The number of ether oxygens (including phenoxy) is 1. The van der Waals surface area contributed by atoms with Gasteiger partial charge in [-0.1, -0.05) is 23.2 Å². The lowest BCUT2D eigenvalue weighted by atomic mass is 10.2. The van der Waals surface area contributed by atoms with Crippen LogP contribution in [0.2, 0.25) is 10.0 Å². The Morgan fingerprint density at radius 3 is 2.56 bits per heavy atom. The van der Waals surface area contributed by atoms with Crippen LogP contribution in [-0.4, -0.2) is 27.9 Å². The molecule has 0 bridgehead atoms. The molecule has 1 aromatic heterocycles. The maximum atomic E-state index is 13.2. The number of H-pyrrole nitrogens is 1. The van der Waals surface area contributed by atoms with Crippen LogP contribution in [0.25, 0.3) is 11.0 Å². The number of fused-ring (bicyclic) bond motifs is 1. The fourth-order valence-electron chi connectivity index (χ4n) is 2.22. The number of benzene rings is 2. The van der Waals surface area contributed by atoms with Crippen LogP contribution in [0.1, 0.15) is 10.4 Å². The van der Waals surface area contributed by atoms with Gasteiger partial charge in [0, 0.05) is 6.07 Å². The molecule has 0 fully saturated rings. The molecule has 0 atom stereocenters. The Hall–Kier alpha value is -2.58. The van der Waals surface area contributed by atoms with Crippen LogP contribution < -0.4 is 10.1 Å². The molecule has 3 rings (SSSR count). The highest BCUT2D eigenvalue weighted by atomic mass is 35.5. The summed E-state index contributed by atoms with van der Waals surface area (Å²) in [7, 11) is 0. The van der Waals surface area contributed by atoms with Gasteiger partial charge in [0.1, 0.15) is 17.1 Å². The lowest BCUT2D eigenvalue weighted by molar-refractivity contribution is 0.0689. The molecular formula is C15H9Cl2F2N3O3. The smallest absolute Gasteiger partial charge is 0.339 e. The van der Waals surface area contributed by atoms with Gasteiger partial charge in [-0.3, -0.25) is 0 Å². The van der Waals surface area contributed by atoms with Gasteiger partial charge in [0.25, 0.3) is 0 Å². The summed E-state index contributed by atoms with van der Waals surface area (Å²) in [5.41, 5.74) is 0.687. The van der Waals surface area contributed by atoms with Crippen molar-refractivity contribution in [1.29, 1.82) is 0 Å². The number of rotatable bonds is 5. The van der Waals surface area contributed by atoms with Gasteiger partial charge in [-0.15, -0.1) is 0 Å². The van der Waals surface area contributed by atoms with E-state index in [4.69, 9.17) is 28.3 Å². The summed E-state index contributed by atoms with van der Waals surface area (Å²) in [5, 5.41) is 12.0. The van der Waals surface area contributed by atoms with Crippen LogP contribution in [0.5, 0.6) is 5.75 Å². The molecule has 0 aliphatic carbocycles. The van der Waals surface area contributed by atoms with Gasteiger partial charge in [0.05, 0.1) is 26.8 Å². The summed E-state index contributed by atoms with van der Waals surface area (Å²) in [6.07, 6.45) is 0. The van der Waals surface area contributed by atoms with E-state index in [0.717, 1.165) is 12.1 Å². The lowest BCUT2D eigenvalue weighted by Gasteiger charge is -2.07. The summed E-state index contributed by atoms with van der Waals surface area (Å²) in [6, 6.07) is 4.70. The molecule has 0 unspecified atom stereocenters. The average Bonchev–Trinajstić information content (AvgIpc) is 2.91. The third kappa shape index (κ3) is 3.45. The quantitative estimate of drug-likeness (QED) is 0.587. The van der Waals surface area contributed by atoms with E-state index < -0.39 is 18.6 Å². The number of nitrogens with zero attached hydrogens (tertiary/aromatic N) is 1. The number of alkyl halides is 1. The third-order valence-electron chi connectivity index (χ3n) is 3.27. The Bertz CT molecular complexity index is 955. The SMILES string of the molecule is O=C(O)c1cc2[nH]c(Nc3c(Cl)cc(F)cc3Cl)nc2cc1OCF. The zero-order valence-electron chi connectivity index (χ0n) is 12.2. The molecular weight excluding hydrogens is 379 g/mol. The number of carboxylic acids is 1. The van der Waals surface area contributed by atoms with E-state index in [1.165, 1.54) is 12.1 Å². The van der Waals surface area contributed by atoms with Crippen LogP contribution in [-0.2, 0) is 0 Å². The minimum absolute atomic E-state index is 0.0399. The Labute approximate surface area is 149 Å². The molecule has 0 aliphatic heterocycles. The molecule has 0 saturated heterocycles. The zero-order valence-corrected chi connectivity index (χ0v) is 13.8. The predicted octanol–water partition coefficient (Wildman–Crippen LogP) is 4.76. The number of aromatic carboxylic acids is 1. The first-order valence-electron chi connectivity index (χ1n) is 6.76. The van der Waals surface area contributed by atoms with E-state index in [1.54, 1.807) is 0 Å². The van der Waals surface area contributed by atoms with Gasteiger partial charge < -0.3 is 20.1 Å². The number of aromatic amines is 1. The van der Waals surface area contributed by atoms with Gasteiger partial charge >= 0.3 is 5.97 Å². The molecule has 130 valence electrons. The third-order valence-corrected chi connectivity index (χ3v) is 3.87. The fraction of sp³-hybridized carbons (Fsp3) is 0.0667. The van der Waals surface area contributed by atoms with Crippen LogP contribution in [0.15, 0.2) is 24.3 Å². The highest BCUT2D eigenvalue weighted by Crippen LogP contribution is 2.34. The molecule has 3 aromatic rings. The Kier molecular flexibility index (Phi) is 4.65. The van der Waals surface area contributed by atoms with Crippen molar-refractivity contribution in [1.82, 2.24) is 9.97 Å². The molecule has 0 spiro atoms. The number of carbonyl (C=O) groups is 1. The molecule has 25 heavy (non-hydrogen) atoms. The average molecular weight is 388 g/mol. The number of anilines is 2. The van der Waals surface area contributed by atoms with Gasteiger partial charge in [0.2, 0.25) is 12.8 Å². The maximum Gasteiger partial charge on any atom is 0.339 e. The highest BCUT2D eigenvalue weighted by Gasteiger charge is 2.16. The molecule has 3 N–H and O–H groups in total. The van der Waals surface area contributed by atoms with E-state index in [9.17, 15) is 13.6 Å². The van der Waals surface area contributed by atoms with Crippen molar-refractivity contribution in [2.45, 2.75) is 0 Å². The topological polar surface area (TPSA) is 87.2 Å². The minimum atomic E-state index is -1.28. The summed E-state index contributed by atoms with van der Waals surface area (Å²) in [6.45, 7) is -1.18. The standard InChI is InChI=1S/C15H9Cl2F2N3O3/c16-8-1-6(19)2-9(17)13(8)22-15-20-10-3-7(14(23)24)12(25-5-18)4-11(10)21-15/h1-4H,5H2,(H,23,24)(H2,20,21,22). The van der Waals surface area contributed by atoms with Crippen molar-refractivity contribution < 1.29 is 23.4 Å². The molecule has 1 heterocycles. The summed E-state index contributed by atoms with van der Waals surface area (Å²) >= 11 is 11.9. The van der Waals surface area contributed by atoms with Gasteiger partial charge in [-0.2, -0.15) is 0 Å². The van der Waals surface area contributed by atoms with Crippen molar-refractivity contribution in [3.8, 4) is 5.75 Å². The van der Waals surface area contributed by atoms with Crippen LogP contribution in [0, 0.1) is 5.82 Å². The molecule has 2 aromatic carbocycles. The number of imidazole rings is 1. The largest absolute Gasteiger partial charge is 0.478 e. The number of carboxylic acid groups (broad SMARTS) is 1. The predicted molar refractivity (Wildman–Crippen MR) is 89.4 cm³/mol. The maximum absolute atomic E-state index is 13.2. The van der Waals surface area contributed by atoms with Crippen LogP contribution in [0.4, 0.5) is 20.4 Å². The number of nitrogens with one attached hydrogen (secondary N) is 2. The first-order valence-corrected chi connectivity index (χ1v) is 7.52. The molecule has 6 nitrogen and oxygen atoms in total. The zero-order chi connectivity index (χ0) is 18.1. The van der Waals surface area contributed by atoms with E-state index >= 15 is 0 Å². The van der Waals surface area contributed by atoms with E-state index in [1.807, 2.05) is 0 Å². The van der Waals surface area contributed by atoms with E-state index in [-0.39, 0.29) is 33.0 Å². The lowest BCUT2D eigenvalue weighted by Crippen LogP contribution is -2.02. The Balaban J connectivity index is 2.03. The van der Waals surface area contributed by atoms with Crippen molar-refractivity contribution in [2.75, 3.05) is 12.2 Å². The number of hydrogen-bond donors (Lipinski definition) is 3. The number of hydrogen-bond acceptors (Lipinski definition) is 4. The van der Waals surface area contributed by atoms with E-state index in [0.29, 0.717) is 11.0 Å². The number of aromatic nitrogens is 2. The minimum Gasteiger partial charge on any atom is -0.478 e. The van der Waals surface area contributed by atoms with Crippen LogP contribution >= 0.6 is 23.2 Å². The summed E-state index contributed by atoms with van der Waals surface area (Å²) in [4.78, 5) is 18.3. The summed E-state index contributed by atoms with van der Waals surface area (Å²) in [5.74, 6) is -1.85. The molecule has 0 aliphatic rings. The molecule has 10 heteroatoms. The Morgan fingerprint density at radius 1 is 1.28 bits per heavy atom. The van der Waals surface area contributed by atoms with Gasteiger partial charge in [0.15, 0.2) is 0 Å². The van der Waals surface area contributed by atoms with Crippen LogP contribution in [0.3, 0.4) is 0 Å². The normalized spacial score (nSPS) is 10.9. The van der Waals surface area contributed by atoms with Crippen molar-refractivity contribution in [3.63, 3.8) is 0 Å². The van der Waals surface area contributed by atoms with Gasteiger partial charge in [-0.25, -0.2) is 18.6 Å². The fourth-order valence-corrected chi connectivity index (χ4v) is 2.78. The monoisotopic (exact) mass is 387 g/mol. The number of halogens is 4. The van der Waals surface area contributed by atoms with Crippen molar-refractivity contribution >= 4 is 51.8 Å². The highest BCUT2D eigenvalue weighted by molar-refractivity contribution is 6.39. The Morgan fingerprint density at radius 2 is 1.96 bits per heavy atom. The second kappa shape index (κ2) is 6.73.